The standard InChI is InChI=1S/C20H28ClNO4/c1-3-10-26-20-17(21)12-16(13-18(20)24-2)7-8-19(23)22-9-4-11-25-14-15-5-6-15/h7-8,12-13,15H,3-6,9-11,14H2,1-2H3,(H,22,23)/b8-7+. The van der Waals surface area contributed by atoms with Gasteiger partial charge in [-0.2, -0.15) is 0 Å². The highest BCUT2D eigenvalue weighted by molar-refractivity contribution is 6.32. The first kappa shape index (κ1) is 20.6. The third kappa shape index (κ3) is 7.26. The molecule has 0 radical (unpaired) electrons. The number of nitrogens with one attached hydrogen (secondary N) is 1. The van der Waals surface area contributed by atoms with E-state index in [9.17, 15) is 4.79 Å². The van der Waals surface area contributed by atoms with Gasteiger partial charge in [-0.05, 0) is 55.4 Å². The maximum atomic E-state index is 11.9. The van der Waals surface area contributed by atoms with Crippen LogP contribution in [0.15, 0.2) is 18.2 Å². The van der Waals surface area contributed by atoms with Crippen molar-refractivity contribution in [2.75, 3.05) is 33.5 Å². The fourth-order valence-electron chi connectivity index (χ4n) is 2.33. The third-order valence-electron chi connectivity index (χ3n) is 3.94. The number of halogens is 1. The largest absolute Gasteiger partial charge is 0.493 e. The fraction of sp³-hybridized carbons (Fsp3) is 0.550. The summed E-state index contributed by atoms with van der Waals surface area (Å²) in [6, 6.07) is 3.55. The highest BCUT2D eigenvalue weighted by atomic mass is 35.5. The number of benzene rings is 1. The van der Waals surface area contributed by atoms with Crippen molar-refractivity contribution >= 4 is 23.6 Å². The van der Waals surface area contributed by atoms with Crippen molar-refractivity contribution in [3.8, 4) is 11.5 Å². The Balaban J connectivity index is 1.78. The molecule has 1 aromatic rings. The molecule has 5 nitrogen and oxygen atoms in total. The molecular formula is C20H28ClNO4. The summed E-state index contributed by atoms with van der Waals surface area (Å²) in [5.74, 6) is 1.71. The van der Waals surface area contributed by atoms with E-state index in [4.69, 9.17) is 25.8 Å². The Kier molecular flexibility index (Phi) is 8.78. The minimum atomic E-state index is -0.145. The van der Waals surface area contributed by atoms with Gasteiger partial charge in [0.25, 0.3) is 0 Å². The molecule has 0 unspecified atom stereocenters. The molecule has 6 heteroatoms. The fourth-order valence-corrected chi connectivity index (χ4v) is 2.61. The van der Waals surface area contributed by atoms with E-state index >= 15 is 0 Å². The molecule has 0 bridgehead atoms. The Morgan fingerprint density at radius 3 is 2.85 bits per heavy atom. The Labute approximate surface area is 160 Å². The van der Waals surface area contributed by atoms with Crippen molar-refractivity contribution in [1.29, 1.82) is 0 Å². The lowest BCUT2D eigenvalue weighted by Crippen LogP contribution is -2.23. The van der Waals surface area contributed by atoms with Crippen molar-refractivity contribution in [1.82, 2.24) is 5.32 Å². The first-order valence-corrected chi connectivity index (χ1v) is 9.55. The van der Waals surface area contributed by atoms with Crippen LogP contribution in [0, 0.1) is 5.92 Å². The highest BCUT2D eigenvalue weighted by Gasteiger charge is 2.20. The third-order valence-corrected chi connectivity index (χ3v) is 4.23. The number of rotatable bonds is 12. The van der Waals surface area contributed by atoms with E-state index in [1.54, 1.807) is 25.3 Å². The van der Waals surface area contributed by atoms with Crippen LogP contribution >= 0.6 is 11.6 Å². The number of carbonyl (C=O) groups is 1. The van der Waals surface area contributed by atoms with Gasteiger partial charge in [0.15, 0.2) is 11.5 Å². The maximum Gasteiger partial charge on any atom is 0.244 e. The van der Waals surface area contributed by atoms with Gasteiger partial charge in [0.1, 0.15) is 0 Å². The van der Waals surface area contributed by atoms with E-state index in [0.29, 0.717) is 36.3 Å². The van der Waals surface area contributed by atoms with Crippen LogP contribution in [0.5, 0.6) is 11.5 Å². The first-order chi connectivity index (χ1) is 12.6. The molecule has 0 saturated heterocycles. The second kappa shape index (κ2) is 11.1. The number of methoxy groups -OCH3 is 1. The van der Waals surface area contributed by atoms with Gasteiger partial charge in [0.05, 0.1) is 18.7 Å². The molecule has 0 aliphatic heterocycles. The molecule has 1 saturated carbocycles. The molecule has 1 aromatic carbocycles. The molecule has 2 rings (SSSR count). The molecular weight excluding hydrogens is 354 g/mol. The lowest BCUT2D eigenvalue weighted by Gasteiger charge is -2.12. The van der Waals surface area contributed by atoms with Crippen molar-refractivity contribution in [3.05, 3.63) is 28.8 Å². The quantitative estimate of drug-likeness (QED) is 0.437. The molecule has 1 aliphatic rings. The normalized spacial score (nSPS) is 13.8. The summed E-state index contributed by atoms with van der Waals surface area (Å²) in [4.78, 5) is 11.9. The summed E-state index contributed by atoms with van der Waals surface area (Å²) in [6.07, 6.45) is 7.48. The second-order valence-electron chi connectivity index (χ2n) is 6.38. The Bertz CT molecular complexity index is 614. The van der Waals surface area contributed by atoms with Crippen LogP contribution in [0.4, 0.5) is 0 Å². The number of hydrogen-bond donors (Lipinski definition) is 1. The van der Waals surface area contributed by atoms with Crippen molar-refractivity contribution in [2.45, 2.75) is 32.6 Å². The van der Waals surface area contributed by atoms with Gasteiger partial charge in [-0.3, -0.25) is 4.79 Å². The minimum Gasteiger partial charge on any atom is -0.493 e. The number of amides is 1. The number of carbonyl (C=O) groups excluding carboxylic acids is 1. The summed E-state index contributed by atoms with van der Waals surface area (Å²) in [5, 5.41) is 3.31. The average Bonchev–Trinajstić information content (AvgIpc) is 3.45. The van der Waals surface area contributed by atoms with Crippen LogP contribution in [0.2, 0.25) is 5.02 Å². The van der Waals surface area contributed by atoms with Gasteiger partial charge in [-0.15, -0.1) is 0 Å². The number of ether oxygens (including phenoxy) is 3. The van der Waals surface area contributed by atoms with Crippen LogP contribution in [0.3, 0.4) is 0 Å². The topological polar surface area (TPSA) is 56.8 Å². The molecule has 1 aliphatic carbocycles. The van der Waals surface area contributed by atoms with Crippen molar-refractivity contribution in [3.63, 3.8) is 0 Å². The molecule has 0 heterocycles. The first-order valence-electron chi connectivity index (χ1n) is 9.18. The summed E-state index contributed by atoms with van der Waals surface area (Å²) < 4.78 is 16.5. The van der Waals surface area contributed by atoms with Crippen molar-refractivity contribution < 1.29 is 19.0 Å². The van der Waals surface area contributed by atoms with Gasteiger partial charge in [0, 0.05) is 25.8 Å². The Morgan fingerprint density at radius 2 is 2.15 bits per heavy atom. The molecule has 0 aromatic heterocycles. The van der Waals surface area contributed by atoms with Crippen LogP contribution in [-0.2, 0) is 9.53 Å². The van der Waals surface area contributed by atoms with E-state index in [1.807, 2.05) is 6.92 Å². The van der Waals surface area contributed by atoms with Crippen LogP contribution in [0.1, 0.15) is 38.2 Å². The Hall–Kier alpha value is -1.72. The molecule has 1 fully saturated rings. The van der Waals surface area contributed by atoms with Gasteiger partial charge >= 0.3 is 0 Å². The molecule has 144 valence electrons. The van der Waals surface area contributed by atoms with E-state index < -0.39 is 0 Å². The van der Waals surface area contributed by atoms with Crippen LogP contribution in [-0.4, -0.2) is 39.4 Å². The van der Waals surface area contributed by atoms with E-state index in [2.05, 4.69) is 5.32 Å². The van der Waals surface area contributed by atoms with E-state index in [0.717, 1.165) is 30.9 Å². The smallest absolute Gasteiger partial charge is 0.244 e. The number of hydrogen-bond acceptors (Lipinski definition) is 4. The lowest BCUT2D eigenvalue weighted by molar-refractivity contribution is -0.116. The monoisotopic (exact) mass is 381 g/mol. The lowest BCUT2D eigenvalue weighted by atomic mass is 10.2. The zero-order valence-electron chi connectivity index (χ0n) is 15.6. The van der Waals surface area contributed by atoms with Crippen LogP contribution in [0.25, 0.3) is 6.08 Å². The maximum absolute atomic E-state index is 11.9. The minimum absolute atomic E-state index is 0.145. The second-order valence-corrected chi connectivity index (χ2v) is 6.79. The van der Waals surface area contributed by atoms with Crippen LogP contribution < -0.4 is 14.8 Å². The summed E-state index contributed by atoms with van der Waals surface area (Å²) in [5.41, 5.74) is 0.776. The zero-order chi connectivity index (χ0) is 18.8. The Morgan fingerprint density at radius 1 is 1.35 bits per heavy atom. The molecule has 0 spiro atoms. The van der Waals surface area contributed by atoms with Gasteiger partial charge < -0.3 is 19.5 Å². The SMILES string of the molecule is CCCOc1c(Cl)cc(/C=C/C(=O)NCCCOCC2CC2)cc1OC. The van der Waals surface area contributed by atoms with Gasteiger partial charge in [-0.25, -0.2) is 0 Å². The predicted molar refractivity (Wildman–Crippen MR) is 104 cm³/mol. The molecule has 0 atom stereocenters. The average molecular weight is 382 g/mol. The van der Waals surface area contributed by atoms with E-state index in [1.165, 1.54) is 18.9 Å². The summed E-state index contributed by atoms with van der Waals surface area (Å²) in [7, 11) is 1.57. The van der Waals surface area contributed by atoms with Crippen molar-refractivity contribution in [2.24, 2.45) is 5.92 Å². The summed E-state index contributed by atoms with van der Waals surface area (Å²) >= 11 is 6.27. The van der Waals surface area contributed by atoms with Gasteiger partial charge in [-0.1, -0.05) is 18.5 Å². The van der Waals surface area contributed by atoms with E-state index in [-0.39, 0.29) is 5.91 Å². The highest BCUT2D eigenvalue weighted by Crippen LogP contribution is 2.36. The van der Waals surface area contributed by atoms with Gasteiger partial charge in [0.2, 0.25) is 5.91 Å². The molecule has 1 N–H and O–H groups in total. The predicted octanol–water partition coefficient (Wildman–Crippen LogP) is 4.08. The zero-order valence-corrected chi connectivity index (χ0v) is 16.3. The molecule has 1 amide bonds. The summed E-state index contributed by atoms with van der Waals surface area (Å²) in [6.45, 7) is 4.73. The molecule has 26 heavy (non-hydrogen) atoms.